The van der Waals surface area contributed by atoms with Crippen molar-refractivity contribution in [1.82, 2.24) is 10.0 Å². The fourth-order valence-electron chi connectivity index (χ4n) is 2.58. The lowest BCUT2D eigenvalue weighted by atomic mass is 10.1. The van der Waals surface area contributed by atoms with Gasteiger partial charge in [0.25, 0.3) is 5.91 Å². The van der Waals surface area contributed by atoms with Crippen LogP contribution in [0.4, 0.5) is 0 Å². The minimum absolute atomic E-state index is 0.0494. The zero-order chi connectivity index (χ0) is 17.7. The second-order valence-electron chi connectivity index (χ2n) is 6.27. The molecule has 2 N–H and O–H groups in total. The molecule has 1 fully saturated rings. The third-order valence-electron chi connectivity index (χ3n) is 4.28. The summed E-state index contributed by atoms with van der Waals surface area (Å²) in [5.41, 5.74) is 0.433. The van der Waals surface area contributed by atoms with Gasteiger partial charge in [0.1, 0.15) is 0 Å². The van der Waals surface area contributed by atoms with Crippen LogP contribution in [0.2, 0.25) is 0 Å². The number of nitrogens with one attached hydrogen (secondary N) is 2. The maximum absolute atomic E-state index is 12.3. The number of hydrogen-bond acceptors (Lipinski definition) is 4. The van der Waals surface area contributed by atoms with Crippen LogP contribution in [0, 0.1) is 0 Å². The molecule has 7 heteroatoms. The minimum atomic E-state index is -3.55. The molecule has 3 atom stereocenters. The van der Waals surface area contributed by atoms with E-state index >= 15 is 0 Å². The second-order valence-corrected chi connectivity index (χ2v) is 7.98. The SMILES string of the molecule is CCC(C)NS(=O)(=O)c1ccc(C(=O)NC(C)C2CCCO2)cc1. The van der Waals surface area contributed by atoms with Gasteiger partial charge in [0.15, 0.2) is 0 Å². The Labute approximate surface area is 144 Å². The Morgan fingerprint density at radius 1 is 1.29 bits per heavy atom. The van der Waals surface area contributed by atoms with Crippen LogP contribution in [0.25, 0.3) is 0 Å². The topological polar surface area (TPSA) is 84.5 Å². The average molecular weight is 354 g/mol. The van der Waals surface area contributed by atoms with E-state index in [0.717, 1.165) is 19.4 Å². The Balaban J connectivity index is 2.01. The maximum Gasteiger partial charge on any atom is 0.251 e. The molecule has 0 aliphatic carbocycles. The molecule has 1 aromatic rings. The molecule has 0 radical (unpaired) electrons. The Morgan fingerprint density at radius 2 is 1.96 bits per heavy atom. The first-order chi connectivity index (χ1) is 11.3. The van der Waals surface area contributed by atoms with Gasteiger partial charge in [0, 0.05) is 18.2 Å². The predicted molar refractivity (Wildman–Crippen MR) is 92.4 cm³/mol. The molecule has 3 unspecified atom stereocenters. The Kier molecular flexibility index (Phi) is 6.37. The van der Waals surface area contributed by atoms with Crippen LogP contribution in [0.5, 0.6) is 0 Å². The van der Waals surface area contributed by atoms with Crippen LogP contribution in [0.3, 0.4) is 0 Å². The molecule has 6 nitrogen and oxygen atoms in total. The number of amides is 1. The largest absolute Gasteiger partial charge is 0.376 e. The summed E-state index contributed by atoms with van der Waals surface area (Å²) < 4.78 is 32.6. The highest BCUT2D eigenvalue weighted by molar-refractivity contribution is 7.89. The van der Waals surface area contributed by atoms with E-state index in [1.54, 1.807) is 0 Å². The zero-order valence-electron chi connectivity index (χ0n) is 14.4. The van der Waals surface area contributed by atoms with E-state index in [1.807, 2.05) is 20.8 Å². The van der Waals surface area contributed by atoms with Crippen LogP contribution >= 0.6 is 0 Å². The molecule has 1 aliphatic heterocycles. The minimum Gasteiger partial charge on any atom is -0.376 e. The van der Waals surface area contributed by atoms with E-state index in [-0.39, 0.29) is 29.0 Å². The third kappa shape index (κ3) is 4.78. The first-order valence-corrected chi connectivity index (χ1v) is 9.86. The van der Waals surface area contributed by atoms with E-state index in [9.17, 15) is 13.2 Å². The molecule has 2 rings (SSSR count). The van der Waals surface area contributed by atoms with Crippen LogP contribution in [-0.2, 0) is 14.8 Å². The van der Waals surface area contributed by atoms with Gasteiger partial charge in [0.2, 0.25) is 10.0 Å². The molecule has 1 saturated heterocycles. The molecular weight excluding hydrogens is 328 g/mol. The van der Waals surface area contributed by atoms with E-state index in [2.05, 4.69) is 10.0 Å². The first-order valence-electron chi connectivity index (χ1n) is 8.38. The normalized spacial score (nSPS) is 20.5. The standard InChI is InChI=1S/C17H26N2O4S/c1-4-12(2)19-24(21,22)15-9-7-14(8-10-15)17(20)18-13(3)16-6-5-11-23-16/h7-10,12-13,16,19H,4-6,11H2,1-3H3,(H,18,20). The molecule has 1 heterocycles. The molecule has 0 aromatic heterocycles. The second kappa shape index (κ2) is 8.09. The summed E-state index contributed by atoms with van der Waals surface area (Å²) in [4.78, 5) is 12.4. The number of benzene rings is 1. The molecule has 1 amide bonds. The van der Waals surface area contributed by atoms with Gasteiger partial charge in [-0.1, -0.05) is 6.92 Å². The molecule has 24 heavy (non-hydrogen) atoms. The molecule has 0 saturated carbocycles. The highest BCUT2D eigenvalue weighted by Crippen LogP contribution is 2.16. The van der Waals surface area contributed by atoms with Crippen molar-refractivity contribution in [3.05, 3.63) is 29.8 Å². The van der Waals surface area contributed by atoms with Crippen molar-refractivity contribution in [1.29, 1.82) is 0 Å². The van der Waals surface area contributed by atoms with Crippen molar-refractivity contribution >= 4 is 15.9 Å². The van der Waals surface area contributed by atoms with Gasteiger partial charge in [-0.3, -0.25) is 4.79 Å². The van der Waals surface area contributed by atoms with Crippen molar-refractivity contribution in [2.75, 3.05) is 6.61 Å². The third-order valence-corrected chi connectivity index (χ3v) is 5.88. The van der Waals surface area contributed by atoms with Gasteiger partial charge in [-0.25, -0.2) is 13.1 Å². The molecular formula is C17H26N2O4S. The Hall–Kier alpha value is -1.44. The predicted octanol–water partition coefficient (Wildman–Crippen LogP) is 2.06. The van der Waals surface area contributed by atoms with Crippen molar-refractivity contribution in [2.24, 2.45) is 0 Å². The summed E-state index contributed by atoms with van der Waals surface area (Å²) >= 11 is 0. The van der Waals surface area contributed by atoms with Crippen molar-refractivity contribution in [3.63, 3.8) is 0 Å². The van der Waals surface area contributed by atoms with Crippen molar-refractivity contribution in [2.45, 2.75) is 63.1 Å². The van der Waals surface area contributed by atoms with Gasteiger partial charge in [-0.15, -0.1) is 0 Å². The number of sulfonamides is 1. The number of hydrogen-bond donors (Lipinski definition) is 2. The smallest absolute Gasteiger partial charge is 0.251 e. The fraction of sp³-hybridized carbons (Fsp3) is 0.588. The lowest BCUT2D eigenvalue weighted by Gasteiger charge is -2.20. The van der Waals surface area contributed by atoms with E-state index in [1.165, 1.54) is 24.3 Å². The van der Waals surface area contributed by atoms with Crippen LogP contribution in [-0.4, -0.2) is 39.1 Å². The Bertz CT molecular complexity index is 652. The number of carbonyl (C=O) groups excluding carboxylic acids is 1. The Morgan fingerprint density at radius 3 is 2.50 bits per heavy atom. The summed E-state index contributed by atoms with van der Waals surface area (Å²) in [6.45, 7) is 6.38. The van der Waals surface area contributed by atoms with Crippen LogP contribution in [0.15, 0.2) is 29.2 Å². The lowest BCUT2D eigenvalue weighted by Crippen LogP contribution is -2.40. The van der Waals surface area contributed by atoms with Gasteiger partial charge in [0.05, 0.1) is 17.0 Å². The summed E-state index contributed by atoms with van der Waals surface area (Å²) in [7, 11) is -3.55. The summed E-state index contributed by atoms with van der Waals surface area (Å²) in [6.07, 6.45) is 2.72. The molecule has 1 aromatic carbocycles. The number of ether oxygens (including phenoxy) is 1. The van der Waals surface area contributed by atoms with E-state index in [4.69, 9.17) is 4.74 Å². The fourth-order valence-corrected chi connectivity index (χ4v) is 3.91. The molecule has 134 valence electrons. The molecule has 0 spiro atoms. The number of rotatable bonds is 7. The van der Waals surface area contributed by atoms with Gasteiger partial charge < -0.3 is 10.1 Å². The average Bonchev–Trinajstić information content (AvgIpc) is 3.09. The highest BCUT2D eigenvalue weighted by Gasteiger charge is 2.24. The maximum atomic E-state index is 12.3. The summed E-state index contributed by atoms with van der Waals surface area (Å²) in [5, 5.41) is 2.91. The molecule has 0 bridgehead atoms. The lowest BCUT2D eigenvalue weighted by molar-refractivity contribution is 0.0712. The van der Waals surface area contributed by atoms with Crippen molar-refractivity contribution < 1.29 is 17.9 Å². The summed E-state index contributed by atoms with van der Waals surface area (Å²) in [5.74, 6) is -0.225. The van der Waals surface area contributed by atoms with E-state index in [0.29, 0.717) is 12.0 Å². The van der Waals surface area contributed by atoms with Gasteiger partial charge in [-0.2, -0.15) is 0 Å². The van der Waals surface area contributed by atoms with Gasteiger partial charge in [-0.05, 0) is 57.4 Å². The zero-order valence-corrected chi connectivity index (χ0v) is 15.2. The number of carbonyl (C=O) groups is 1. The summed E-state index contributed by atoms with van der Waals surface area (Å²) in [6, 6.07) is 5.76. The van der Waals surface area contributed by atoms with Crippen LogP contribution in [0.1, 0.15) is 50.4 Å². The van der Waals surface area contributed by atoms with Crippen LogP contribution < -0.4 is 10.0 Å². The quantitative estimate of drug-likeness (QED) is 0.785. The monoisotopic (exact) mass is 354 g/mol. The van der Waals surface area contributed by atoms with Gasteiger partial charge >= 0.3 is 0 Å². The highest BCUT2D eigenvalue weighted by atomic mass is 32.2. The molecule has 1 aliphatic rings. The first kappa shape index (κ1) is 18.9. The van der Waals surface area contributed by atoms with E-state index < -0.39 is 10.0 Å². The van der Waals surface area contributed by atoms with Crippen molar-refractivity contribution in [3.8, 4) is 0 Å².